The van der Waals surface area contributed by atoms with Crippen LogP contribution in [0.2, 0.25) is 0 Å². The molecule has 0 saturated carbocycles. The summed E-state index contributed by atoms with van der Waals surface area (Å²) in [5.74, 6) is -0.0860. The Bertz CT molecular complexity index is 568. The van der Waals surface area contributed by atoms with Crippen molar-refractivity contribution >= 4 is 21.8 Å². The first-order chi connectivity index (χ1) is 7.93. The summed E-state index contributed by atoms with van der Waals surface area (Å²) in [6, 6.07) is 4.02. The number of nitrogens with zero attached hydrogens (tertiary/aromatic N) is 1. The molecule has 1 heterocycles. The van der Waals surface area contributed by atoms with Gasteiger partial charge in [0, 0.05) is 18.7 Å². The predicted octanol–water partition coefficient (Wildman–Crippen LogP) is 1.64. The molecule has 0 spiro atoms. The third kappa shape index (κ3) is 2.17. The van der Waals surface area contributed by atoms with Gasteiger partial charge in [-0.1, -0.05) is 13.0 Å². The zero-order chi connectivity index (χ0) is 12.6. The van der Waals surface area contributed by atoms with E-state index in [0.29, 0.717) is 25.1 Å². The van der Waals surface area contributed by atoms with E-state index in [2.05, 4.69) is 0 Å². The average Bonchev–Trinajstić information content (AvgIpc) is 2.69. The summed E-state index contributed by atoms with van der Waals surface area (Å²) in [5, 5.41) is 0. The van der Waals surface area contributed by atoms with Gasteiger partial charge in [0.05, 0.1) is 0 Å². The Kier molecular flexibility index (Phi) is 2.91. The zero-order valence-electron chi connectivity index (χ0n) is 9.31. The molecule has 1 aliphatic rings. The fourth-order valence-electron chi connectivity index (χ4n) is 1.96. The predicted molar refractivity (Wildman–Crippen MR) is 61.1 cm³/mol. The molecule has 1 aromatic rings. The van der Waals surface area contributed by atoms with Crippen LogP contribution < -0.4 is 4.90 Å². The summed E-state index contributed by atoms with van der Waals surface area (Å²) in [4.78, 5) is 12.7. The summed E-state index contributed by atoms with van der Waals surface area (Å²) in [6.45, 7) is 2.26. The van der Waals surface area contributed by atoms with Crippen LogP contribution in [0.15, 0.2) is 23.1 Å². The highest BCUT2D eigenvalue weighted by molar-refractivity contribution is 7.86. The van der Waals surface area contributed by atoms with Crippen LogP contribution in [0.5, 0.6) is 0 Å². The molecule has 6 heteroatoms. The number of fused-ring (bicyclic) bond motifs is 1. The lowest BCUT2D eigenvalue weighted by Crippen LogP contribution is -2.27. The Morgan fingerprint density at radius 2 is 2.18 bits per heavy atom. The number of hydrogen-bond acceptors (Lipinski definition) is 3. The summed E-state index contributed by atoms with van der Waals surface area (Å²) >= 11 is 0. The van der Waals surface area contributed by atoms with Crippen molar-refractivity contribution < 1.29 is 17.1 Å². The molecule has 0 radical (unpaired) electrons. The monoisotopic (exact) mass is 257 g/mol. The smallest absolute Gasteiger partial charge is 0.312 e. The van der Waals surface area contributed by atoms with Crippen molar-refractivity contribution in [3.8, 4) is 0 Å². The Morgan fingerprint density at radius 1 is 1.47 bits per heavy atom. The quantitative estimate of drug-likeness (QED) is 0.757. The summed E-state index contributed by atoms with van der Waals surface area (Å²) in [5.41, 5.74) is 1.38. The van der Waals surface area contributed by atoms with Gasteiger partial charge in [0.1, 0.15) is 4.90 Å². The van der Waals surface area contributed by atoms with Crippen molar-refractivity contribution in [1.29, 1.82) is 0 Å². The van der Waals surface area contributed by atoms with E-state index in [1.807, 2.05) is 0 Å². The number of halogens is 1. The molecule has 0 atom stereocenters. The van der Waals surface area contributed by atoms with Crippen LogP contribution in [0.3, 0.4) is 0 Å². The van der Waals surface area contributed by atoms with E-state index < -0.39 is 15.1 Å². The van der Waals surface area contributed by atoms with Crippen molar-refractivity contribution in [3.63, 3.8) is 0 Å². The first-order valence-corrected chi connectivity index (χ1v) is 6.70. The van der Waals surface area contributed by atoms with Crippen LogP contribution in [0.25, 0.3) is 0 Å². The van der Waals surface area contributed by atoms with E-state index in [1.54, 1.807) is 13.0 Å². The summed E-state index contributed by atoms with van der Waals surface area (Å²) < 4.78 is 34.5. The standard InChI is InChI=1S/C11H12FNO3S/c1-2-11(14)13-6-5-8-3-4-9(7-10(8)13)17(12,15)16/h3-4,7H,2,5-6H2,1H3. The molecule has 0 unspecified atom stereocenters. The van der Waals surface area contributed by atoms with E-state index in [-0.39, 0.29) is 5.91 Å². The molecule has 92 valence electrons. The maximum Gasteiger partial charge on any atom is 0.332 e. The maximum atomic E-state index is 12.9. The van der Waals surface area contributed by atoms with Crippen molar-refractivity contribution in [3.05, 3.63) is 23.8 Å². The molecule has 1 aromatic carbocycles. The van der Waals surface area contributed by atoms with Crippen LogP contribution in [0.1, 0.15) is 18.9 Å². The molecule has 17 heavy (non-hydrogen) atoms. The Hall–Kier alpha value is -1.43. The molecule has 0 bridgehead atoms. The number of benzene rings is 1. The van der Waals surface area contributed by atoms with Crippen molar-refractivity contribution in [2.24, 2.45) is 0 Å². The second-order valence-electron chi connectivity index (χ2n) is 3.88. The van der Waals surface area contributed by atoms with Gasteiger partial charge in [-0.05, 0) is 24.1 Å². The molecule has 0 aliphatic carbocycles. The molecule has 0 N–H and O–H groups in total. The van der Waals surface area contributed by atoms with Crippen LogP contribution >= 0.6 is 0 Å². The van der Waals surface area contributed by atoms with E-state index in [4.69, 9.17) is 0 Å². The summed E-state index contributed by atoms with van der Waals surface area (Å²) in [6.07, 6.45) is 1.01. The van der Waals surface area contributed by atoms with Crippen LogP contribution in [0.4, 0.5) is 9.57 Å². The lowest BCUT2D eigenvalue weighted by molar-refractivity contribution is -0.118. The maximum absolute atomic E-state index is 12.9. The van der Waals surface area contributed by atoms with E-state index in [0.717, 1.165) is 5.56 Å². The lowest BCUT2D eigenvalue weighted by atomic mass is 10.2. The van der Waals surface area contributed by atoms with E-state index in [9.17, 15) is 17.1 Å². The normalized spacial score (nSPS) is 14.8. The van der Waals surface area contributed by atoms with Gasteiger partial charge in [0.2, 0.25) is 5.91 Å². The van der Waals surface area contributed by atoms with E-state index in [1.165, 1.54) is 17.0 Å². The molecule has 4 nitrogen and oxygen atoms in total. The molecular weight excluding hydrogens is 245 g/mol. The Labute approximate surface area is 99.3 Å². The van der Waals surface area contributed by atoms with Gasteiger partial charge < -0.3 is 4.90 Å². The van der Waals surface area contributed by atoms with Crippen LogP contribution in [-0.2, 0) is 21.4 Å². The average molecular weight is 257 g/mol. The van der Waals surface area contributed by atoms with E-state index >= 15 is 0 Å². The van der Waals surface area contributed by atoms with Gasteiger partial charge in [-0.3, -0.25) is 4.79 Å². The second-order valence-corrected chi connectivity index (χ2v) is 5.22. The topological polar surface area (TPSA) is 54.5 Å². The molecule has 0 saturated heterocycles. The third-order valence-corrected chi connectivity index (χ3v) is 3.65. The summed E-state index contributed by atoms with van der Waals surface area (Å²) in [7, 11) is -4.72. The molecule has 0 fully saturated rings. The first-order valence-electron chi connectivity index (χ1n) is 5.31. The first kappa shape index (κ1) is 12.0. The van der Waals surface area contributed by atoms with Gasteiger partial charge in [-0.15, -0.1) is 3.89 Å². The fourth-order valence-corrected chi connectivity index (χ4v) is 2.44. The molecule has 0 aromatic heterocycles. The molecule has 1 amide bonds. The SMILES string of the molecule is CCC(=O)N1CCc2ccc(S(=O)(=O)F)cc21. The minimum absolute atomic E-state index is 0.0860. The highest BCUT2D eigenvalue weighted by atomic mass is 32.3. The number of hydrogen-bond donors (Lipinski definition) is 0. The highest BCUT2D eigenvalue weighted by Gasteiger charge is 2.25. The third-order valence-electron chi connectivity index (χ3n) is 2.84. The van der Waals surface area contributed by atoms with Crippen molar-refractivity contribution in [2.75, 3.05) is 11.4 Å². The fraction of sp³-hybridized carbons (Fsp3) is 0.364. The molecule has 1 aliphatic heterocycles. The van der Waals surface area contributed by atoms with Crippen molar-refractivity contribution in [2.45, 2.75) is 24.7 Å². The van der Waals surface area contributed by atoms with Crippen molar-refractivity contribution in [1.82, 2.24) is 0 Å². The lowest BCUT2D eigenvalue weighted by Gasteiger charge is -2.16. The van der Waals surface area contributed by atoms with Gasteiger partial charge in [-0.2, -0.15) is 8.42 Å². The zero-order valence-corrected chi connectivity index (χ0v) is 10.1. The van der Waals surface area contributed by atoms with Gasteiger partial charge in [0.25, 0.3) is 0 Å². The number of anilines is 1. The minimum atomic E-state index is -4.72. The van der Waals surface area contributed by atoms with Crippen LogP contribution in [0, 0.1) is 0 Å². The Morgan fingerprint density at radius 3 is 2.76 bits per heavy atom. The number of rotatable bonds is 2. The molecule has 2 rings (SSSR count). The molecular formula is C11H12FNO3S. The minimum Gasteiger partial charge on any atom is -0.312 e. The van der Waals surface area contributed by atoms with Crippen LogP contribution in [-0.4, -0.2) is 20.9 Å². The second kappa shape index (κ2) is 4.10. The van der Waals surface area contributed by atoms with Gasteiger partial charge >= 0.3 is 10.2 Å². The highest BCUT2D eigenvalue weighted by Crippen LogP contribution is 2.31. The number of carbonyl (C=O) groups excluding carboxylic acids is 1. The largest absolute Gasteiger partial charge is 0.332 e. The van der Waals surface area contributed by atoms with Gasteiger partial charge in [0.15, 0.2) is 0 Å². The van der Waals surface area contributed by atoms with Gasteiger partial charge in [-0.25, -0.2) is 0 Å². The number of amides is 1. The Balaban J connectivity index is 2.48. The number of carbonyl (C=O) groups is 1.